The largest absolute Gasteiger partial charge is 0.354 e. The van der Waals surface area contributed by atoms with Gasteiger partial charge in [0.05, 0.1) is 0 Å². The van der Waals surface area contributed by atoms with Crippen LogP contribution in [0.25, 0.3) is 0 Å². The molecule has 0 spiro atoms. The summed E-state index contributed by atoms with van der Waals surface area (Å²) in [6, 6.07) is 21.1. The molecule has 144 valence electrons. The van der Waals surface area contributed by atoms with Crippen LogP contribution in [-0.2, 0) is 13.0 Å². The number of rotatable bonds is 6. The van der Waals surface area contributed by atoms with Crippen molar-refractivity contribution in [2.75, 3.05) is 36.4 Å². The van der Waals surface area contributed by atoms with Gasteiger partial charge in [0, 0.05) is 44.6 Å². The first kappa shape index (κ1) is 18.4. The molecule has 1 N–H and O–H groups in total. The fourth-order valence-electron chi connectivity index (χ4n) is 3.52. The smallest absolute Gasteiger partial charge is 0.229 e. The summed E-state index contributed by atoms with van der Waals surface area (Å²) < 4.78 is 0. The molecule has 0 radical (unpaired) electrons. The monoisotopic (exact) mass is 373 g/mol. The number of anilines is 3. The number of hydrogen-bond acceptors (Lipinski definition) is 5. The van der Waals surface area contributed by atoms with Gasteiger partial charge >= 0.3 is 0 Å². The summed E-state index contributed by atoms with van der Waals surface area (Å²) in [4.78, 5) is 14.0. The first-order valence-corrected chi connectivity index (χ1v) is 10.0. The number of nitrogens with one attached hydrogen (secondary N) is 1. The van der Waals surface area contributed by atoms with Gasteiger partial charge in [-0.15, -0.1) is 0 Å². The highest BCUT2D eigenvalue weighted by Crippen LogP contribution is 2.19. The zero-order chi connectivity index (χ0) is 19.2. The molecule has 0 saturated carbocycles. The molecule has 0 bridgehead atoms. The van der Waals surface area contributed by atoms with E-state index in [0.717, 1.165) is 50.6 Å². The SMILES string of the molecule is CCc1ccc(Nc2nccc(N3CCN(Cc4ccccc4)CC3)n2)cc1. The Morgan fingerprint density at radius 3 is 2.32 bits per heavy atom. The average Bonchev–Trinajstić information content (AvgIpc) is 2.76. The van der Waals surface area contributed by atoms with E-state index >= 15 is 0 Å². The number of piperazine rings is 1. The molecule has 1 aliphatic heterocycles. The highest BCUT2D eigenvalue weighted by molar-refractivity contribution is 5.55. The van der Waals surface area contributed by atoms with Crippen LogP contribution in [0.4, 0.5) is 17.5 Å². The second kappa shape index (κ2) is 8.85. The highest BCUT2D eigenvalue weighted by atomic mass is 15.3. The van der Waals surface area contributed by atoms with Crippen molar-refractivity contribution in [2.24, 2.45) is 0 Å². The summed E-state index contributed by atoms with van der Waals surface area (Å²) in [5, 5.41) is 3.32. The van der Waals surface area contributed by atoms with E-state index in [2.05, 4.69) is 81.6 Å². The minimum atomic E-state index is 0.647. The zero-order valence-corrected chi connectivity index (χ0v) is 16.4. The van der Waals surface area contributed by atoms with E-state index in [-0.39, 0.29) is 0 Å². The molecule has 2 heterocycles. The summed E-state index contributed by atoms with van der Waals surface area (Å²) in [6.45, 7) is 7.22. The van der Waals surface area contributed by atoms with Crippen LogP contribution in [0.5, 0.6) is 0 Å². The Bertz CT molecular complexity index is 871. The fraction of sp³-hybridized carbons (Fsp3) is 0.304. The number of aryl methyl sites for hydroxylation is 1. The number of hydrogen-bond donors (Lipinski definition) is 1. The summed E-state index contributed by atoms with van der Waals surface area (Å²) in [5.74, 6) is 1.63. The van der Waals surface area contributed by atoms with Gasteiger partial charge in [-0.1, -0.05) is 49.4 Å². The maximum atomic E-state index is 4.73. The average molecular weight is 374 g/mol. The molecule has 5 nitrogen and oxygen atoms in total. The number of aromatic nitrogens is 2. The Morgan fingerprint density at radius 1 is 0.857 bits per heavy atom. The van der Waals surface area contributed by atoms with Crippen LogP contribution < -0.4 is 10.2 Å². The van der Waals surface area contributed by atoms with E-state index in [1.54, 1.807) is 0 Å². The highest BCUT2D eigenvalue weighted by Gasteiger charge is 2.18. The maximum absolute atomic E-state index is 4.73. The predicted molar refractivity (Wildman–Crippen MR) is 115 cm³/mol. The Morgan fingerprint density at radius 2 is 1.61 bits per heavy atom. The lowest BCUT2D eigenvalue weighted by Crippen LogP contribution is -2.46. The van der Waals surface area contributed by atoms with Crippen molar-refractivity contribution in [3.8, 4) is 0 Å². The molecule has 28 heavy (non-hydrogen) atoms. The third-order valence-corrected chi connectivity index (χ3v) is 5.20. The van der Waals surface area contributed by atoms with Crippen molar-refractivity contribution in [3.05, 3.63) is 78.0 Å². The molecule has 1 fully saturated rings. The van der Waals surface area contributed by atoms with Crippen molar-refractivity contribution in [1.29, 1.82) is 0 Å². The first-order chi connectivity index (χ1) is 13.8. The molecule has 0 unspecified atom stereocenters. The quantitative estimate of drug-likeness (QED) is 0.705. The normalized spacial score (nSPS) is 14.8. The fourth-order valence-corrected chi connectivity index (χ4v) is 3.52. The Kier molecular flexibility index (Phi) is 5.83. The van der Waals surface area contributed by atoms with Gasteiger partial charge in [-0.05, 0) is 35.7 Å². The maximum Gasteiger partial charge on any atom is 0.229 e. The molecule has 3 aromatic rings. The van der Waals surface area contributed by atoms with Gasteiger partial charge in [0.15, 0.2) is 0 Å². The summed E-state index contributed by atoms with van der Waals surface area (Å²) in [6.07, 6.45) is 2.88. The minimum absolute atomic E-state index is 0.647. The van der Waals surface area contributed by atoms with Gasteiger partial charge in [0.25, 0.3) is 0 Å². The van der Waals surface area contributed by atoms with Crippen LogP contribution in [0.15, 0.2) is 66.9 Å². The van der Waals surface area contributed by atoms with E-state index in [9.17, 15) is 0 Å². The molecule has 4 rings (SSSR count). The second-order valence-electron chi connectivity index (χ2n) is 7.16. The third kappa shape index (κ3) is 4.67. The van der Waals surface area contributed by atoms with Gasteiger partial charge < -0.3 is 10.2 Å². The van der Waals surface area contributed by atoms with E-state index in [1.807, 2.05) is 12.3 Å². The van der Waals surface area contributed by atoms with Gasteiger partial charge in [-0.3, -0.25) is 4.90 Å². The molecule has 1 aliphatic rings. The summed E-state index contributed by atoms with van der Waals surface area (Å²) in [5.41, 5.74) is 3.72. The van der Waals surface area contributed by atoms with Crippen LogP contribution in [-0.4, -0.2) is 41.0 Å². The van der Waals surface area contributed by atoms with E-state index in [1.165, 1.54) is 11.1 Å². The van der Waals surface area contributed by atoms with Crippen molar-refractivity contribution in [2.45, 2.75) is 19.9 Å². The number of benzene rings is 2. The van der Waals surface area contributed by atoms with Gasteiger partial charge in [0.2, 0.25) is 5.95 Å². The molecule has 0 amide bonds. The van der Waals surface area contributed by atoms with Crippen LogP contribution in [0.1, 0.15) is 18.1 Å². The molecule has 5 heteroatoms. The van der Waals surface area contributed by atoms with Gasteiger partial charge in [-0.2, -0.15) is 4.98 Å². The summed E-state index contributed by atoms with van der Waals surface area (Å²) >= 11 is 0. The molecule has 2 aromatic carbocycles. The molecule has 1 saturated heterocycles. The van der Waals surface area contributed by atoms with Crippen LogP contribution in [0.2, 0.25) is 0 Å². The lowest BCUT2D eigenvalue weighted by molar-refractivity contribution is 0.249. The van der Waals surface area contributed by atoms with Crippen molar-refractivity contribution in [3.63, 3.8) is 0 Å². The molecular weight excluding hydrogens is 346 g/mol. The molecule has 1 aromatic heterocycles. The zero-order valence-electron chi connectivity index (χ0n) is 16.4. The Hall–Kier alpha value is -2.92. The van der Waals surface area contributed by atoms with Crippen molar-refractivity contribution < 1.29 is 0 Å². The first-order valence-electron chi connectivity index (χ1n) is 10.0. The lowest BCUT2D eigenvalue weighted by atomic mass is 10.1. The van der Waals surface area contributed by atoms with Crippen molar-refractivity contribution >= 4 is 17.5 Å². The third-order valence-electron chi connectivity index (χ3n) is 5.20. The van der Waals surface area contributed by atoms with E-state index in [4.69, 9.17) is 4.98 Å². The lowest BCUT2D eigenvalue weighted by Gasteiger charge is -2.35. The van der Waals surface area contributed by atoms with Gasteiger partial charge in [0.1, 0.15) is 5.82 Å². The van der Waals surface area contributed by atoms with Crippen LogP contribution in [0, 0.1) is 0 Å². The van der Waals surface area contributed by atoms with E-state index < -0.39 is 0 Å². The topological polar surface area (TPSA) is 44.3 Å². The van der Waals surface area contributed by atoms with Crippen molar-refractivity contribution in [1.82, 2.24) is 14.9 Å². The Labute approximate surface area is 167 Å². The van der Waals surface area contributed by atoms with Gasteiger partial charge in [-0.25, -0.2) is 4.98 Å². The van der Waals surface area contributed by atoms with E-state index in [0.29, 0.717) is 5.95 Å². The molecule has 0 atom stereocenters. The minimum Gasteiger partial charge on any atom is -0.354 e. The molecule has 0 aliphatic carbocycles. The second-order valence-corrected chi connectivity index (χ2v) is 7.16. The Balaban J connectivity index is 1.35. The van der Waals surface area contributed by atoms with Crippen LogP contribution in [0.3, 0.4) is 0 Å². The number of nitrogens with zero attached hydrogens (tertiary/aromatic N) is 4. The predicted octanol–water partition coefficient (Wildman–Crippen LogP) is 4.10. The standard InChI is InChI=1S/C23H27N5/c1-2-19-8-10-21(11-9-19)25-23-24-13-12-22(26-23)28-16-14-27(15-17-28)18-20-6-4-3-5-7-20/h3-13H,2,14-18H2,1H3,(H,24,25,26). The molecular formula is C23H27N5. The van der Waals surface area contributed by atoms with Crippen LogP contribution >= 0.6 is 0 Å². The summed E-state index contributed by atoms with van der Waals surface area (Å²) in [7, 11) is 0.